The van der Waals surface area contributed by atoms with Crippen molar-refractivity contribution in [2.24, 2.45) is 0 Å². The zero-order chi connectivity index (χ0) is 20.8. The molecule has 6 nitrogen and oxygen atoms in total. The van der Waals surface area contributed by atoms with Crippen LogP contribution in [-0.4, -0.2) is 24.9 Å². The van der Waals surface area contributed by atoms with E-state index >= 15 is 0 Å². The Morgan fingerprint density at radius 1 is 0.724 bits per heavy atom. The van der Waals surface area contributed by atoms with E-state index in [1.807, 2.05) is 0 Å². The Morgan fingerprint density at radius 2 is 1.31 bits per heavy atom. The van der Waals surface area contributed by atoms with Gasteiger partial charge in [0.1, 0.15) is 0 Å². The quantitative estimate of drug-likeness (QED) is 0.603. The smallest absolute Gasteiger partial charge is 0.337 e. The highest BCUT2D eigenvalue weighted by Gasteiger charge is 2.11. The number of ether oxygens (including phenoxy) is 1. The zero-order valence-electron chi connectivity index (χ0n) is 15.4. The minimum Gasteiger partial charge on any atom is -0.465 e. The van der Waals surface area contributed by atoms with Crippen LogP contribution in [0, 0.1) is 0 Å². The van der Waals surface area contributed by atoms with Gasteiger partial charge in [0.15, 0.2) is 0 Å². The second-order valence-corrected chi connectivity index (χ2v) is 6.50. The number of carbonyl (C=O) groups excluding carboxylic acids is 3. The number of esters is 1. The number of benzene rings is 3. The van der Waals surface area contributed by atoms with Crippen molar-refractivity contribution in [3.05, 3.63) is 94.5 Å². The van der Waals surface area contributed by atoms with Crippen molar-refractivity contribution in [3.63, 3.8) is 0 Å². The Kier molecular flexibility index (Phi) is 6.26. The normalized spacial score (nSPS) is 10.1. The van der Waals surface area contributed by atoms with E-state index in [4.69, 9.17) is 11.6 Å². The van der Waals surface area contributed by atoms with Gasteiger partial charge in [0, 0.05) is 27.5 Å². The maximum atomic E-state index is 12.5. The third-order valence-electron chi connectivity index (χ3n) is 4.03. The Labute approximate surface area is 172 Å². The lowest BCUT2D eigenvalue weighted by Gasteiger charge is -2.09. The molecule has 3 rings (SSSR count). The molecule has 0 aliphatic carbocycles. The van der Waals surface area contributed by atoms with Crippen LogP contribution in [0.4, 0.5) is 11.4 Å². The first-order valence-electron chi connectivity index (χ1n) is 8.63. The summed E-state index contributed by atoms with van der Waals surface area (Å²) in [4.78, 5) is 36.3. The standard InChI is InChI=1S/C22H17ClN2O4/c1-29-22(28)14-8-10-18(11-9-14)24-21(27)16-5-3-7-19(13-16)25-20(26)15-4-2-6-17(23)12-15/h2-13H,1H3,(H,24,27)(H,25,26). The van der Waals surface area contributed by atoms with Gasteiger partial charge < -0.3 is 15.4 Å². The van der Waals surface area contributed by atoms with Crippen molar-refractivity contribution in [3.8, 4) is 0 Å². The number of nitrogens with one attached hydrogen (secondary N) is 2. The summed E-state index contributed by atoms with van der Waals surface area (Å²) in [5.41, 5.74) is 2.17. The number of amides is 2. The highest BCUT2D eigenvalue weighted by atomic mass is 35.5. The van der Waals surface area contributed by atoms with Crippen LogP contribution in [0.2, 0.25) is 5.02 Å². The van der Waals surface area contributed by atoms with Crippen molar-refractivity contribution in [1.29, 1.82) is 0 Å². The molecule has 0 saturated heterocycles. The lowest BCUT2D eigenvalue weighted by Crippen LogP contribution is -2.14. The van der Waals surface area contributed by atoms with Crippen LogP contribution in [0.3, 0.4) is 0 Å². The number of hydrogen-bond acceptors (Lipinski definition) is 4. The van der Waals surface area contributed by atoms with Crippen LogP contribution in [0.25, 0.3) is 0 Å². The molecule has 146 valence electrons. The van der Waals surface area contributed by atoms with Crippen LogP contribution in [-0.2, 0) is 4.74 Å². The fourth-order valence-corrected chi connectivity index (χ4v) is 2.77. The summed E-state index contributed by atoms with van der Waals surface area (Å²) in [6.45, 7) is 0. The van der Waals surface area contributed by atoms with Crippen LogP contribution in [0.15, 0.2) is 72.8 Å². The first kappa shape index (κ1) is 20.1. The van der Waals surface area contributed by atoms with E-state index in [9.17, 15) is 14.4 Å². The van der Waals surface area contributed by atoms with Crippen LogP contribution >= 0.6 is 11.6 Å². The van der Waals surface area contributed by atoms with Gasteiger partial charge in [-0.1, -0.05) is 23.7 Å². The summed E-state index contributed by atoms with van der Waals surface area (Å²) < 4.78 is 4.64. The summed E-state index contributed by atoms with van der Waals surface area (Å²) in [7, 11) is 1.30. The van der Waals surface area contributed by atoms with Crippen molar-refractivity contribution >= 4 is 40.8 Å². The lowest BCUT2D eigenvalue weighted by molar-refractivity contribution is 0.0600. The minimum absolute atomic E-state index is 0.330. The predicted octanol–water partition coefficient (Wildman–Crippen LogP) is 4.63. The lowest BCUT2D eigenvalue weighted by atomic mass is 10.1. The van der Waals surface area contributed by atoms with Gasteiger partial charge >= 0.3 is 5.97 Å². The summed E-state index contributed by atoms with van der Waals surface area (Å²) in [6.07, 6.45) is 0. The molecular weight excluding hydrogens is 392 g/mol. The molecule has 0 aliphatic heterocycles. The second kappa shape index (κ2) is 9.03. The number of anilines is 2. The van der Waals surface area contributed by atoms with E-state index in [1.165, 1.54) is 7.11 Å². The maximum Gasteiger partial charge on any atom is 0.337 e. The summed E-state index contributed by atoms with van der Waals surface area (Å²) in [5, 5.41) is 5.94. The molecule has 2 N–H and O–H groups in total. The number of rotatable bonds is 5. The van der Waals surface area contributed by atoms with Crippen LogP contribution in [0.1, 0.15) is 31.1 Å². The molecule has 0 atom stereocenters. The molecule has 7 heteroatoms. The van der Waals surface area contributed by atoms with Crippen molar-refractivity contribution < 1.29 is 19.1 Å². The fraction of sp³-hybridized carbons (Fsp3) is 0.0455. The van der Waals surface area contributed by atoms with Gasteiger partial charge in [-0.15, -0.1) is 0 Å². The average Bonchev–Trinajstić information content (AvgIpc) is 2.74. The third-order valence-corrected chi connectivity index (χ3v) is 4.27. The largest absolute Gasteiger partial charge is 0.465 e. The molecule has 2 amide bonds. The molecule has 0 radical (unpaired) electrons. The fourth-order valence-electron chi connectivity index (χ4n) is 2.58. The van der Waals surface area contributed by atoms with Crippen LogP contribution in [0.5, 0.6) is 0 Å². The van der Waals surface area contributed by atoms with Gasteiger partial charge in [0.25, 0.3) is 11.8 Å². The first-order chi connectivity index (χ1) is 14.0. The molecule has 3 aromatic rings. The summed E-state index contributed by atoms with van der Waals surface area (Å²) >= 11 is 5.91. The Morgan fingerprint density at radius 3 is 1.93 bits per heavy atom. The Balaban J connectivity index is 1.69. The number of methoxy groups -OCH3 is 1. The predicted molar refractivity (Wildman–Crippen MR) is 112 cm³/mol. The van der Waals surface area contributed by atoms with E-state index in [0.29, 0.717) is 33.1 Å². The number of carbonyl (C=O) groups is 3. The van der Waals surface area contributed by atoms with E-state index < -0.39 is 5.97 Å². The molecule has 0 spiro atoms. The van der Waals surface area contributed by atoms with Gasteiger partial charge in [-0.25, -0.2) is 4.79 Å². The Bertz CT molecular complexity index is 1060. The van der Waals surface area contributed by atoms with Crippen molar-refractivity contribution in [1.82, 2.24) is 0 Å². The third kappa shape index (κ3) is 5.21. The van der Waals surface area contributed by atoms with Gasteiger partial charge in [0.05, 0.1) is 12.7 Å². The van der Waals surface area contributed by atoms with E-state index in [2.05, 4.69) is 15.4 Å². The SMILES string of the molecule is COC(=O)c1ccc(NC(=O)c2cccc(NC(=O)c3cccc(Cl)c3)c2)cc1. The molecule has 0 bridgehead atoms. The van der Waals surface area contributed by atoms with Gasteiger partial charge in [-0.05, 0) is 60.7 Å². The molecular formula is C22H17ClN2O4. The first-order valence-corrected chi connectivity index (χ1v) is 9.01. The maximum absolute atomic E-state index is 12.5. The van der Waals surface area contributed by atoms with Gasteiger partial charge in [-0.2, -0.15) is 0 Å². The number of hydrogen-bond donors (Lipinski definition) is 2. The van der Waals surface area contributed by atoms with Gasteiger partial charge in [-0.3, -0.25) is 9.59 Å². The van der Waals surface area contributed by atoms with Crippen molar-refractivity contribution in [2.75, 3.05) is 17.7 Å². The summed E-state index contributed by atoms with van der Waals surface area (Å²) in [5.74, 6) is -1.14. The zero-order valence-corrected chi connectivity index (χ0v) is 16.2. The highest BCUT2D eigenvalue weighted by Crippen LogP contribution is 2.17. The average molecular weight is 409 g/mol. The molecule has 3 aromatic carbocycles. The summed E-state index contributed by atoms with van der Waals surface area (Å²) in [6, 6.07) is 19.5. The topological polar surface area (TPSA) is 84.5 Å². The van der Waals surface area contributed by atoms with E-state index in [-0.39, 0.29) is 11.8 Å². The molecule has 0 saturated carbocycles. The van der Waals surface area contributed by atoms with E-state index in [0.717, 1.165) is 0 Å². The molecule has 0 heterocycles. The van der Waals surface area contributed by atoms with Crippen molar-refractivity contribution in [2.45, 2.75) is 0 Å². The molecule has 0 aliphatic rings. The number of halogens is 1. The molecule has 0 fully saturated rings. The monoisotopic (exact) mass is 408 g/mol. The van der Waals surface area contributed by atoms with E-state index in [1.54, 1.807) is 72.8 Å². The van der Waals surface area contributed by atoms with Crippen LogP contribution < -0.4 is 10.6 Å². The highest BCUT2D eigenvalue weighted by molar-refractivity contribution is 6.31. The molecule has 0 aromatic heterocycles. The molecule has 0 unspecified atom stereocenters. The minimum atomic E-state index is -0.453. The second-order valence-electron chi connectivity index (χ2n) is 6.07. The molecule has 29 heavy (non-hydrogen) atoms. The van der Waals surface area contributed by atoms with Gasteiger partial charge in [0.2, 0.25) is 0 Å². The Hall–Kier alpha value is -3.64.